The topological polar surface area (TPSA) is 78.4 Å². The lowest BCUT2D eigenvalue weighted by Gasteiger charge is -2.35. The van der Waals surface area contributed by atoms with E-state index in [2.05, 4.69) is 17.6 Å². The van der Waals surface area contributed by atoms with Crippen LogP contribution in [0.4, 0.5) is 0 Å². The van der Waals surface area contributed by atoms with Crippen LogP contribution in [0.5, 0.6) is 0 Å². The number of rotatable bonds is 6. The number of carbonyl (C=O) groups excluding carboxylic acids is 1. The molecule has 3 N–H and O–H groups in total. The second-order valence-electron chi connectivity index (χ2n) is 5.33. The van der Waals surface area contributed by atoms with E-state index >= 15 is 0 Å². The monoisotopic (exact) mass is 256 g/mol. The molecule has 0 aromatic rings. The smallest absolute Gasteiger partial charge is 0.311 e. The van der Waals surface area contributed by atoms with Crippen LogP contribution in [0, 0.1) is 11.3 Å². The molecule has 0 heterocycles. The second-order valence-corrected chi connectivity index (χ2v) is 5.33. The van der Waals surface area contributed by atoms with Crippen LogP contribution in [0.3, 0.4) is 0 Å². The molecule has 1 amide bonds. The van der Waals surface area contributed by atoms with Gasteiger partial charge in [-0.15, -0.1) is 0 Å². The van der Waals surface area contributed by atoms with Crippen molar-refractivity contribution in [3.63, 3.8) is 0 Å². The Balaban J connectivity index is 2.48. The molecule has 0 radical (unpaired) electrons. The van der Waals surface area contributed by atoms with Gasteiger partial charge in [-0.2, -0.15) is 0 Å². The highest BCUT2D eigenvalue weighted by atomic mass is 16.4. The van der Waals surface area contributed by atoms with Crippen molar-refractivity contribution in [2.45, 2.75) is 39.5 Å². The molecule has 18 heavy (non-hydrogen) atoms. The van der Waals surface area contributed by atoms with E-state index in [0.29, 0.717) is 18.8 Å². The van der Waals surface area contributed by atoms with Crippen molar-refractivity contribution in [3.05, 3.63) is 0 Å². The average molecular weight is 256 g/mol. The summed E-state index contributed by atoms with van der Waals surface area (Å²) in [5, 5.41) is 15.1. The SMILES string of the molecule is CCNCC(=O)NCC1(C(=O)O)CCC(C)CC1. The van der Waals surface area contributed by atoms with Crippen molar-refractivity contribution in [1.29, 1.82) is 0 Å². The van der Waals surface area contributed by atoms with E-state index in [1.807, 2.05) is 6.92 Å². The largest absolute Gasteiger partial charge is 0.481 e. The summed E-state index contributed by atoms with van der Waals surface area (Å²) in [4.78, 5) is 22.9. The summed E-state index contributed by atoms with van der Waals surface area (Å²) in [6, 6.07) is 0. The number of likely N-dealkylation sites (N-methyl/N-ethyl adjacent to an activating group) is 1. The molecule has 0 aromatic carbocycles. The van der Waals surface area contributed by atoms with Gasteiger partial charge in [0.1, 0.15) is 0 Å². The van der Waals surface area contributed by atoms with Gasteiger partial charge >= 0.3 is 5.97 Å². The summed E-state index contributed by atoms with van der Waals surface area (Å²) >= 11 is 0. The van der Waals surface area contributed by atoms with Crippen LogP contribution >= 0.6 is 0 Å². The van der Waals surface area contributed by atoms with Crippen LogP contribution in [0.2, 0.25) is 0 Å². The van der Waals surface area contributed by atoms with Gasteiger partial charge < -0.3 is 15.7 Å². The van der Waals surface area contributed by atoms with E-state index in [-0.39, 0.29) is 19.0 Å². The van der Waals surface area contributed by atoms with Gasteiger partial charge in [0.15, 0.2) is 0 Å². The molecule has 0 spiro atoms. The minimum absolute atomic E-state index is 0.129. The van der Waals surface area contributed by atoms with Crippen LogP contribution in [-0.2, 0) is 9.59 Å². The first-order valence-electron chi connectivity index (χ1n) is 6.71. The molecule has 5 heteroatoms. The van der Waals surface area contributed by atoms with Gasteiger partial charge in [-0.05, 0) is 38.1 Å². The second kappa shape index (κ2) is 6.73. The molecule has 5 nitrogen and oxygen atoms in total. The van der Waals surface area contributed by atoms with Gasteiger partial charge in [-0.1, -0.05) is 13.8 Å². The first-order valence-corrected chi connectivity index (χ1v) is 6.71. The molecule has 0 atom stereocenters. The predicted molar refractivity (Wildman–Crippen MR) is 69.3 cm³/mol. The summed E-state index contributed by atoms with van der Waals surface area (Å²) in [5.74, 6) is -0.316. The molecular formula is C13H24N2O3. The molecule has 0 aliphatic heterocycles. The fourth-order valence-corrected chi connectivity index (χ4v) is 2.35. The minimum atomic E-state index is -0.779. The zero-order chi connectivity index (χ0) is 13.6. The standard InChI is InChI=1S/C13H24N2O3/c1-3-14-8-11(16)15-9-13(12(17)18)6-4-10(2)5-7-13/h10,14H,3-9H2,1-2H3,(H,15,16)(H,17,18). The van der Waals surface area contributed by atoms with E-state index in [1.54, 1.807) is 0 Å². The third-order valence-electron chi connectivity index (χ3n) is 3.84. The number of hydrogen-bond acceptors (Lipinski definition) is 3. The average Bonchev–Trinajstić information content (AvgIpc) is 2.35. The van der Waals surface area contributed by atoms with Crippen molar-refractivity contribution >= 4 is 11.9 Å². The van der Waals surface area contributed by atoms with E-state index in [9.17, 15) is 14.7 Å². The highest BCUT2D eigenvalue weighted by Gasteiger charge is 2.41. The summed E-state index contributed by atoms with van der Waals surface area (Å²) in [6.45, 7) is 5.31. The van der Waals surface area contributed by atoms with Gasteiger partial charge in [-0.3, -0.25) is 9.59 Å². The van der Waals surface area contributed by atoms with Gasteiger partial charge in [0.2, 0.25) is 5.91 Å². The normalized spacial score (nSPS) is 27.8. The summed E-state index contributed by atoms with van der Waals surface area (Å²) in [7, 11) is 0. The maximum atomic E-state index is 11.5. The number of carboxylic acids is 1. The maximum Gasteiger partial charge on any atom is 0.311 e. The lowest BCUT2D eigenvalue weighted by Crippen LogP contribution is -2.47. The van der Waals surface area contributed by atoms with Crippen LogP contribution in [0.1, 0.15) is 39.5 Å². The third-order valence-corrected chi connectivity index (χ3v) is 3.84. The van der Waals surface area contributed by atoms with E-state index < -0.39 is 11.4 Å². The number of carbonyl (C=O) groups is 2. The molecule has 104 valence electrons. The van der Waals surface area contributed by atoms with Crippen LogP contribution in [0.25, 0.3) is 0 Å². The summed E-state index contributed by atoms with van der Waals surface area (Å²) in [6.07, 6.45) is 3.17. The Morgan fingerprint density at radius 2 is 1.94 bits per heavy atom. The quantitative estimate of drug-likeness (QED) is 0.662. The summed E-state index contributed by atoms with van der Waals surface area (Å²) < 4.78 is 0. The van der Waals surface area contributed by atoms with Crippen molar-refractivity contribution in [1.82, 2.24) is 10.6 Å². The molecule has 0 saturated heterocycles. The number of aliphatic carboxylic acids is 1. The lowest BCUT2D eigenvalue weighted by molar-refractivity contribution is -0.151. The van der Waals surface area contributed by atoms with Gasteiger partial charge in [0.05, 0.1) is 12.0 Å². The number of nitrogens with one attached hydrogen (secondary N) is 2. The van der Waals surface area contributed by atoms with Gasteiger partial charge in [-0.25, -0.2) is 0 Å². The van der Waals surface area contributed by atoms with E-state index in [1.165, 1.54) is 0 Å². The maximum absolute atomic E-state index is 11.5. The fraction of sp³-hybridized carbons (Fsp3) is 0.846. The molecule has 1 rings (SSSR count). The Morgan fingerprint density at radius 1 is 1.33 bits per heavy atom. The van der Waals surface area contributed by atoms with Crippen LogP contribution < -0.4 is 10.6 Å². The van der Waals surface area contributed by atoms with E-state index in [4.69, 9.17) is 0 Å². The molecule has 1 saturated carbocycles. The number of amides is 1. The van der Waals surface area contributed by atoms with Crippen LogP contribution in [-0.4, -0.2) is 36.6 Å². The Morgan fingerprint density at radius 3 is 2.44 bits per heavy atom. The van der Waals surface area contributed by atoms with Crippen molar-refractivity contribution < 1.29 is 14.7 Å². The zero-order valence-corrected chi connectivity index (χ0v) is 11.3. The Kier molecular flexibility index (Phi) is 5.59. The molecule has 1 fully saturated rings. The molecular weight excluding hydrogens is 232 g/mol. The Labute approximate surface area is 108 Å². The number of carboxylic acid groups (broad SMARTS) is 1. The highest BCUT2D eigenvalue weighted by Crippen LogP contribution is 2.38. The molecule has 1 aliphatic carbocycles. The molecule has 1 aliphatic rings. The predicted octanol–water partition coefficient (Wildman–Crippen LogP) is 0.993. The zero-order valence-electron chi connectivity index (χ0n) is 11.3. The van der Waals surface area contributed by atoms with Gasteiger partial charge in [0.25, 0.3) is 0 Å². The van der Waals surface area contributed by atoms with Gasteiger partial charge in [0, 0.05) is 6.54 Å². The summed E-state index contributed by atoms with van der Waals surface area (Å²) in [5.41, 5.74) is -0.756. The van der Waals surface area contributed by atoms with Crippen molar-refractivity contribution in [2.75, 3.05) is 19.6 Å². The highest BCUT2D eigenvalue weighted by molar-refractivity contribution is 5.80. The lowest BCUT2D eigenvalue weighted by atomic mass is 9.71. The first-order chi connectivity index (χ1) is 8.50. The van der Waals surface area contributed by atoms with E-state index in [0.717, 1.165) is 19.4 Å². The molecule has 0 bridgehead atoms. The number of hydrogen-bond donors (Lipinski definition) is 3. The third kappa shape index (κ3) is 3.98. The van der Waals surface area contributed by atoms with Crippen molar-refractivity contribution in [3.8, 4) is 0 Å². The molecule has 0 aromatic heterocycles. The van der Waals surface area contributed by atoms with Crippen molar-refractivity contribution in [2.24, 2.45) is 11.3 Å². The Bertz CT molecular complexity index is 297. The molecule has 0 unspecified atom stereocenters. The first kappa shape index (κ1) is 15.0. The van der Waals surface area contributed by atoms with Crippen LogP contribution in [0.15, 0.2) is 0 Å². The Hall–Kier alpha value is -1.10. The fourth-order valence-electron chi connectivity index (χ4n) is 2.35. The minimum Gasteiger partial charge on any atom is -0.481 e.